The van der Waals surface area contributed by atoms with E-state index in [1.54, 1.807) is 16.2 Å². The highest BCUT2D eigenvalue weighted by atomic mass is 32.1. The maximum atomic E-state index is 9.89. The number of aliphatic hydroxyl groups is 1. The lowest BCUT2D eigenvalue weighted by atomic mass is 9.92. The van der Waals surface area contributed by atoms with Crippen molar-refractivity contribution in [3.63, 3.8) is 0 Å². The monoisotopic (exact) mass is 448 g/mol. The van der Waals surface area contributed by atoms with E-state index in [-0.39, 0.29) is 0 Å². The first-order valence-corrected chi connectivity index (χ1v) is 12.4. The number of fused-ring (bicyclic) bond motifs is 1. The molecule has 0 aliphatic carbocycles. The maximum Gasteiger partial charge on any atom is 0.0914 e. The third-order valence-electron chi connectivity index (χ3n) is 5.39. The summed E-state index contributed by atoms with van der Waals surface area (Å²) in [5.74, 6) is 0.551. The summed E-state index contributed by atoms with van der Waals surface area (Å²) in [6, 6.07) is 24.8. The second-order valence-electron chi connectivity index (χ2n) is 7.59. The molecule has 0 fully saturated rings. The smallest absolute Gasteiger partial charge is 0.0914 e. The standard InChI is InChI=1S/C13H15NOS.C13H13NS/c15-13(12-4-2-1-3-5-12)9-14-8-11-6-7-16-10-11;1-2-4-10(5-3-1)12-9-14-8-11-6-7-15-13(11)12/h1-7,10,13-15H,8-9H2;1-7,12,14H,8-9H2. The van der Waals surface area contributed by atoms with Gasteiger partial charge < -0.3 is 15.7 Å². The van der Waals surface area contributed by atoms with Crippen LogP contribution in [0.15, 0.2) is 88.9 Å². The van der Waals surface area contributed by atoms with Gasteiger partial charge in [0.05, 0.1) is 6.10 Å². The van der Waals surface area contributed by atoms with Crippen LogP contribution in [0.2, 0.25) is 0 Å². The minimum atomic E-state index is -0.431. The van der Waals surface area contributed by atoms with E-state index in [1.807, 2.05) is 41.7 Å². The summed E-state index contributed by atoms with van der Waals surface area (Å²) in [7, 11) is 0. The Morgan fingerprint density at radius 2 is 1.74 bits per heavy atom. The Morgan fingerprint density at radius 1 is 0.968 bits per heavy atom. The predicted octanol–water partition coefficient (Wildman–Crippen LogP) is 5.55. The van der Waals surface area contributed by atoms with Gasteiger partial charge in [-0.15, -0.1) is 11.3 Å². The Bertz CT molecular complexity index is 1020. The lowest BCUT2D eigenvalue weighted by molar-refractivity contribution is 0.174. The summed E-state index contributed by atoms with van der Waals surface area (Å²) in [6.45, 7) is 3.49. The van der Waals surface area contributed by atoms with Gasteiger partial charge in [0, 0.05) is 37.0 Å². The zero-order valence-electron chi connectivity index (χ0n) is 17.4. The van der Waals surface area contributed by atoms with Crippen LogP contribution in [0.5, 0.6) is 0 Å². The summed E-state index contributed by atoms with van der Waals surface area (Å²) in [5.41, 5.74) is 5.12. The van der Waals surface area contributed by atoms with Gasteiger partial charge in [0.2, 0.25) is 0 Å². The van der Waals surface area contributed by atoms with Crippen LogP contribution < -0.4 is 10.6 Å². The first-order valence-electron chi connectivity index (χ1n) is 10.6. The Balaban J connectivity index is 0.000000149. The average Bonchev–Trinajstić information content (AvgIpc) is 3.52. The van der Waals surface area contributed by atoms with Crippen molar-refractivity contribution in [2.75, 3.05) is 13.1 Å². The van der Waals surface area contributed by atoms with E-state index < -0.39 is 6.10 Å². The largest absolute Gasteiger partial charge is 0.387 e. The minimum Gasteiger partial charge on any atom is -0.387 e. The number of hydrogen-bond acceptors (Lipinski definition) is 5. The van der Waals surface area contributed by atoms with Gasteiger partial charge >= 0.3 is 0 Å². The molecule has 2 aromatic heterocycles. The van der Waals surface area contributed by atoms with E-state index in [9.17, 15) is 5.11 Å². The molecular formula is C26H28N2OS2. The van der Waals surface area contributed by atoms with Gasteiger partial charge in [0.1, 0.15) is 0 Å². The average molecular weight is 449 g/mol. The van der Waals surface area contributed by atoms with E-state index in [2.05, 4.69) is 69.2 Å². The highest BCUT2D eigenvalue weighted by molar-refractivity contribution is 7.10. The first-order chi connectivity index (χ1) is 15.3. The topological polar surface area (TPSA) is 44.3 Å². The number of benzene rings is 2. The zero-order chi connectivity index (χ0) is 21.3. The third kappa shape index (κ3) is 6.12. The van der Waals surface area contributed by atoms with Crippen LogP contribution >= 0.6 is 22.7 Å². The molecule has 0 bridgehead atoms. The predicted molar refractivity (Wildman–Crippen MR) is 132 cm³/mol. The van der Waals surface area contributed by atoms with Gasteiger partial charge in [-0.1, -0.05) is 60.7 Å². The van der Waals surface area contributed by atoms with Gasteiger partial charge in [-0.3, -0.25) is 0 Å². The van der Waals surface area contributed by atoms with Gasteiger partial charge in [0.15, 0.2) is 0 Å². The fraction of sp³-hybridized carbons (Fsp3) is 0.231. The van der Waals surface area contributed by atoms with Crippen LogP contribution in [0.25, 0.3) is 0 Å². The highest BCUT2D eigenvalue weighted by Crippen LogP contribution is 2.33. The van der Waals surface area contributed by atoms with Crippen LogP contribution in [-0.2, 0) is 13.1 Å². The molecule has 2 aromatic carbocycles. The van der Waals surface area contributed by atoms with Crippen molar-refractivity contribution in [2.24, 2.45) is 0 Å². The fourth-order valence-electron chi connectivity index (χ4n) is 3.74. The van der Waals surface area contributed by atoms with E-state index in [1.165, 1.54) is 16.7 Å². The van der Waals surface area contributed by atoms with Crippen LogP contribution in [0.4, 0.5) is 0 Å². The number of nitrogens with one attached hydrogen (secondary N) is 2. The van der Waals surface area contributed by atoms with Crippen LogP contribution in [0.1, 0.15) is 39.2 Å². The van der Waals surface area contributed by atoms with Crippen molar-refractivity contribution in [3.8, 4) is 0 Å². The molecule has 0 saturated carbocycles. The first kappa shape index (κ1) is 21.9. The SMILES string of the molecule is OC(CNCc1ccsc1)c1ccccc1.c1ccc(C2CNCc3ccsc32)cc1. The Morgan fingerprint density at radius 3 is 2.48 bits per heavy atom. The molecule has 0 saturated heterocycles. The van der Waals surface area contributed by atoms with Gasteiger partial charge in [-0.05, 0) is 50.5 Å². The summed E-state index contributed by atoms with van der Waals surface area (Å²) in [6.07, 6.45) is -0.431. The molecule has 0 amide bonds. The van der Waals surface area contributed by atoms with Crippen molar-refractivity contribution >= 4 is 22.7 Å². The van der Waals surface area contributed by atoms with Crippen molar-refractivity contribution in [2.45, 2.75) is 25.1 Å². The summed E-state index contributed by atoms with van der Waals surface area (Å²) in [4.78, 5) is 1.54. The lowest BCUT2D eigenvalue weighted by Gasteiger charge is -2.23. The molecule has 3 nitrogen and oxygen atoms in total. The van der Waals surface area contributed by atoms with Crippen LogP contribution in [-0.4, -0.2) is 18.2 Å². The Labute approximate surface area is 192 Å². The van der Waals surface area contributed by atoms with Crippen molar-refractivity contribution in [1.82, 2.24) is 10.6 Å². The Hall–Kier alpha value is -2.28. The van der Waals surface area contributed by atoms with Gasteiger partial charge in [0.25, 0.3) is 0 Å². The molecule has 4 aromatic rings. The summed E-state index contributed by atoms with van der Waals surface area (Å²) in [5, 5.41) is 23.0. The number of hydrogen-bond donors (Lipinski definition) is 3. The summed E-state index contributed by atoms with van der Waals surface area (Å²) >= 11 is 3.58. The summed E-state index contributed by atoms with van der Waals surface area (Å²) < 4.78 is 0. The molecule has 0 spiro atoms. The number of rotatable bonds is 6. The van der Waals surface area contributed by atoms with Crippen molar-refractivity contribution in [1.29, 1.82) is 0 Å². The number of thiophene rings is 2. The molecule has 5 rings (SSSR count). The van der Waals surface area contributed by atoms with E-state index in [0.717, 1.165) is 25.2 Å². The second kappa shape index (κ2) is 11.4. The van der Waals surface area contributed by atoms with Crippen molar-refractivity contribution in [3.05, 3.63) is 116 Å². The van der Waals surface area contributed by atoms with Crippen molar-refractivity contribution < 1.29 is 5.11 Å². The highest BCUT2D eigenvalue weighted by Gasteiger charge is 2.22. The quantitative estimate of drug-likeness (QED) is 0.362. The van der Waals surface area contributed by atoms with Crippen LogP contribution in [0.3, 0.4) is 0 Å². The van der Waals surface area contributed by atoms with E-state index in [0.29, 0.717) is 12.5 Å². The second-order valence-corrected chi connectivity index (χ2v) is 9.32. The molecule has 2 unspecified atom stereocenters. The van der Waals surface area contributed by atoms with Gasteiger partial charge in [-0.2, -0.15) is 11.3 Å². The molecule has 3 N–H and O–H groups in total. The minimum absolute atomic E-state index is 0.431. The number of aliphatic hydroxyl groups excluding tert-OH is 1. The molecule has 1 aliphatic heterocycles. The van der Waals surface area contributed by atoms with Gasteiger partial charge in [-0.25, -0.2) is 0 Å². The fourth-order valence-corrected chi connectivity index (χ4v) is 5.46. The van der Waals surface area contributed by atoms with E-state index >= 15 is 0 Å². The van der Waals surface area contributed by atoms with Crippen LogP contribution in [0, 0.1) is 0 Å². The van der Waals surface area contributed by atoms with E-state index in [4.69, 9.17) is 0 Å². The normalized spacial score (nSPS) is 16.1. The maximum absolute atomic E-state index is 9.89. The molecular weight excluding hydrogens is 420 g/mol. The molecule has 31 heavy (non-hydrogen) atoms. The zero-order valence-corrected chi connectivity index (χ0v) is 19.0. The molecule has 160 valence electrons. The molecule has 2 atom stereocenters. The lowest BCUT2D eigenvalue weighted by Crippen LogP contribution is -2.27. The third-order valence-corrected chi connectivity index (χ3v) is 7.20. The molecule has 1 aliphatic rings. The molecule has 0 radical (unpaired) electrons. The Kier molecular flexibility index (Phi) is 8.04. The molecule has 3 heterocycles. The molecule has 5 heteroatoms.